The summed E-state index contributed by atoms with van der Waals surface area (Å²) in [5.41, 5.74) is 1.03. The molecule has 0 unspecified atom stereocenters. The second-order valence-electron chi connectivity index (χ2n) is 10.2. The zero-order chi connectivity index (χ0) is 23.6. The molecule has 2 aromatic rings. The van der Waals surface area contributed by atoms with Gasteiger partial charge in [0.25, 0.3) is 5.91 Å². The predicted octanol–water partition coefficient (Wildman–Crippen LogP) is 3.49. The number of benzene rings is 2. The van der Waals surface area contributed by atoms with E-state index in [0.29, 0.717) is 12.0 Å². The summed E-state index contributed by atoms with van der Waals surface area (Å²) in [6.45, 7) is 5.46. The molecule has 7 nitrogen and oxygen atoms in total. The molecule has 3 aliphatic rings. The fraction of sp³-hybridized carbons (Fsp3) is 0.440. The second kappa shape index (κ2) is 7.32. The van der Waals surface area contributed by atoms with Crippen LogP contribution in [0.5, 0.6) is 5.75 Å². The molecule has 2 aromatic carbocycles. The molecule has 5 rings (SSSR count). The van der Waals surface area contributed by atoms with Crippen molar-refractivity contribution in [3.05, 3.63) is 53.6 Å². The minimum absolute atomic E-state index is 0.0618. The van der Waals surface area contributed by atoms with E-state index in [0.717, 1.165) is 35.5 Å². The number of rotatable bonds is 5. The fourth-order valence-electron chi connectivity index (χ4n) is 4.66. The number of sulfone groups is 1. The first-order valence-electron chi connectivity index (χ1n) is 11.3. The molecule has 33 heavy (non-hydrogen) atoms. The Balaban J connectivity index is 1.45. The standard InChI is InChI=1S/C25H28N2O5S/c1-24(2)20-13-16(22(28)26-25(3)11-12-33(30,31)15-25)7-10-21(20)27(23(24)29)17-5-4-6-19(14-17)32-18-8-9-18/h4-7,10,13-14,18H,8-9,11-12,15H2,1-3H3,(H,26,28)/t25-/m0/s1. The minimum atomic E-state index is -3.14. The van der Waals surface area contributed by atoms with Gasteiger partial charge < -0.3 is 10.1 Å². The zero-order valence-corrected chi connectivity index (χ0v) is 19.9. The van der Waals surface area contributed by atoms with Gasteiger partial charge in [0.05, 0.1) is 39.9 Å². The first-order chi connectivity index (χ1) is 15.5. The maximum Gasteiger partial charge on any atom is 0.251 e. The van der Waals surface area contributed by atoms with Gasteiger partial charge in [-0.3, -0.25) is 14.5 Å². The lowest BCUT2D eigenvalue weighted by Gasteiger charge is -2.24. The van der Waals surface area contributed by atoms with E-state index < -0.39 is 20.8 Å². The van der Waals surface area contributed by atoms with Gasteiger partial charge in [-0.2, -0.15) is 0 Å². The average Bonchev–Trinajstić information content (AvgIpc) is 3.47. The van der Waals surface area contributed by atoms with Crippen LogP contribution in [0.1, 0.15) is 56.0 Å². The third-order valence-electron chi connectivity index (χ3n) is 6.73. The van der Waals surface area contributed by atoms with Gasteiger partial charge in [-0.05, 0) is 75.9 Å². The van der Waals surface area contributed by atoms with Crippen LogP contribution in [0.25, 0.3) is 0 Å². The number of ether oxygens (including phenoxy) is 1. The second-order valence-corrected chi connectivity index (χ2v) is 12.4. The topological polar surface area (TPSA) is 92.8 Å². The lowest BCUT2D eigenvalue weighted by molar-refractivity contribution is -0.121. The first kappa shape index (κ1) is 21.9. The number of hydrogen-bond acceptors (Lipinski definition) is 5. The van der Waals surface area contributed by atoms with E-state index >= 15 is 0 Å². The van der Waals surface area contributed by atoms with Crippen LogP contribution in [0.3, 0.4) is 0 Å². The van der Waals surface area contributed by atoms with E-state index in [9.17, 15) is 18.0 Å². The maximum atomic E-state index is 13.4. The molecular weight excluding hydrogens is 440 g/mol. The van der Waals surface area contributed by atoms with E-state index in [1.54, 1.807) is 30.0 Å². The minimum Gasteiger partial charge on any atom is -0.490 e. The Morgan fingerprint density at radius 1 is 1.12 bits per heavy atom. The molecule has 1 atom stereocenters. The van der Waals surface area contributed by atoms with Crippen LogP contribution in [0.15, 0.2) is 42.5 Å². The highest BCUT2D eigenvalue weighted by molar-refractivity contribution is 7.91. The van der Waals surface area contributed by atoms with Gasteiger partial charge in [0.2, 0.25) is 5.91 Å². The molecule has 8 heteroatoms. The largest absolute Gasteiger partial charge is 0.490 e. The van der Waals surface area contributed by atoms with Crippen molar-refractivity contribution < 1.29 is 22.7 Å². The number of fused-ring (bicyclic) bond motifs is 1. The summed E-state index contributed by atoms with van der Waals surface area (Å²) < 4.78 is 29.7. The number of nitrogens with one attached hydrogen (secondary N) is 1. The number of amides is 2. The number of carbonyl (C=O) groups is 2. The summed E-state index contributed by atoms with van der Waals surface area (Å²) in [7, 11) is -3.14. The van der Waals surface area contributed by atoms with Crippen molar-refractivity contribution in [1.29, 1.82) is 0 Å². The third kappa shape index (κ3) is 4.01. The van der Waals surface area contributed by atoms with Gasteiger partial charge in [0.1, 0.15) is 5.75 Å². The molecule has 2 amide bonds. The number of nitrogens with zero attached hydrogens (tertiary/aromatic N) is 1. The van der Waals surface area contributed by atoms with E-state index in [2.05, 4.69) is 5.32 Å². The molecule has 1 saturated carbocycles. The van der Waals surface area contributed by atoms with Gasteiger partial charge in [-0.15, -0.1) is 0 Å². The van der Waals surface area contributed by atoms with Gasteiger partial charge in [0.15, 0.2) is 9.84 Å². The molecule has 2 fully saturated rings. The summed E-state index contributed by atoms with van der Waals surface area (Å²) in [6, 6.07) is 12.8. The van der Waals surface area contributed by atoms with E-state index in [1.807, 2.05) is 38.1 Å². The number of anilines is 2. The van der Waals surface area contributed by atoms with E-state index in [4.69, 9.17) is 4.74 Å². The monoisotopic (exact) mass is 468 g/mol. The summed E-state index contributed by atoms with van der Waals surface area (Å²) >= 11 is 0. The summed E-state index contributed by atoms with van der Waals surface area (Å²) in [6.07, 6.45) is 2.76. The first-order valence-corrected chi connectivity index (χ1v) is 13.1. The Kier molecular flexibility index (Phi) is 4.87. The lowest BCUT2D eigenvalue weighted by atomic mass is 9.85. The smallest absolute Gasteiger partial charge is 0.251 e. The van der Waals surface area contributed by atoms with Crippen molar-refractivity contribution in [3.63, 3.8) is 0 Å². The van der Waals surface area contributed by atoms with Crippen molar-refractivity contribution in [1.82, 2.24) is 5.32 Å². The van der Waals surface area contributed by atoms with Crippen molar-refractivity contribution >= 4 is 33.0 Å². The molecule has 1 saturated heterocycles. The van der Waals surface area contributed by atoms with Crippen molar-refractivity contribution in [2.75, 3.05) is 16.4 Å². The highest BCUT2D eigenvalue weighted by Gasteiger charge is 2.45. The van der Waals surface area contributed by atoms with E-state index in [1.165, 1.54) is 0 Å². The van der Waals surface area contributed by atoms with Crippen LogP contribution in [0.4, 0.5) is 11.4 Å². The summed E-state index contributed by atoms with van der Waals surface area (Å²) in [5.74, 6) is 0.345. The highest BCUT2D eigenvalue weighted by atomic mass is 32.2. The Morgan fingerprint density at radius 2 is 1.88 bits per heavy atom. The molecule has 174 valence electrons. The van der Waals surface area contributed by atoms with Gasteiger partial charge in [-0.1, -0.05) is 6.07 Å². The predicted molar refractivity (Wildman–Crippen MR) is 126 cm³/mol. The molecule has 1 N–H and O–H groups in total. The Labute approximate surface area is 194 Å². The van der Waals surface area contributed by atoms with Gasteiger partial charge >= 0.3 is 0 Å². The van der Waals surface area contributed by atoms with Gasteiger partial charge in [0, 0.05) is 11.6 Å². The lowest BCUT2D eigenvalue weighted by Crippen LogP contribution is -2.46. The van der Waals surface area contributed by atoms with E-state index in [-0.39, 0.29) is 29.4 Å². The van der Waals surface area contributed by atoms with Crippen LogP contribution < -0.4 is 15.0 Å². The highest BCUT2D eigenvalue weighted by Crippen LogP contribution is 2.46. The summed E-state index contributed by atoms with van der Waals surface area (Å²) in [5, 5.41) is 2.90. The third-order valence-corrected chi connectivity index (χ3v) is 8.64. The van der Waals surface area contributed by atoms with Gasteiger partial charge in [-0.25, -0.2) is 8.42 Å². The SMILES string of the molecule is CC1(C)C(=O)N(c2cccc(OC3CC3)c2)c2ccc(C(=O)N[C@@]3(C)CCS(=O)(=O)C3)cc21. The molecule has 2 heterocycles. The van der Waals surface area contributed by atoms with Crippen LogP contribution >= 0.6 is 0 Å². The van der Waals surface area contributed by atoms with Crippen molar-refractivity contribution in [3.8, 4) is 5.75 Å². The maximum absolute atomic E-state index is 13.4. The van der Waals surface area contributed by atoms with Crippen LogP contribution in [-0.2, 0) is 20.0 Å². The van der Waals surface area contributed by atoms with Crippen LogP contribution in [0.2, 0.25) is 0 Å². The molecule has 0 radical (unpaired) electrons. The number of hydrogen-bond donors (Lipinski definition) is 1. The Morgan fingerprint density at radius 3 is 2.55 bits per heavy atom. The Hall–Kier alpha value is -2.87. The quantitative estimate of drug-likeness (QED) is 0.725. The molecule has 1 aliphatic carbocycles. The molecule has 0 spiro atoms. The molecular formula is C25H28N2O5S. The molecule has 0 bridgehead atoms. The molecule has 2 aliphatic heterocycles. The van der Waals surface area contributed by atoms with Crippen molar-refractivity contribution in [2.45, 2.75) is 57.1 Å². The fourth-order valence-corrected chi connectivity index (χ4v) is 6.76. The summed E-state index contributed by atoms with van der Waals surface area (Å²) in [4.78, 5) is 28.1. The van der Waals surface area contributed by atoms with Crippen LogP contribution in [0, 0.1) is 0 Å². The normalized spacial score (nSPS) is 25.1. The Bertz CT molecular complexity index is 1270. The molecule has 0 aromatic heterocycles. The van der Waals surface area contributed by atoms with Crippen molar-refractivity contribution in [2.24, 2.45) is 0 Å². The average molecular weight is 469 g/mol. The zero-order valence-electron chi connectivity index (χ0n) is 19.1. The number of carbonyl (C=O) groups excluding carboxylic acids is 2. The van der Waals surface area contributed by atoms with Crippen LogP contribution in [-0.4, -0.2) is 43.4 Å².